The van der Waals surface area contributed by atoms with Gasteiger partial charge < -0.3 is 10.1 Å². The molecule has 0 amide bonds. The SMILES string of the molecule is CCc1nc(C(OC)C(C)(C)C)sc1CNC. The van der Waals surface area contributed by atoms with Crippen LogP contribution in [-0.2, 0) is 17.7 Å². The number of rotatable bonds is 5. The first-order chi connectivity index (χ1) is 7.93. The van der Waals surface area contributed by atoms with Gasteiger partial charge in [0, 0.05) is 18.5 Å². The summed E-state index contributed by atoms with van der Waals surface area (Å²) in [5.41, 5.74) is 1.28. The zero-order chi connectivity index (χ0) is 13.1. The lowest BCUT2D eigenvalue weighted by Gasteiger charge is -2.27. The number of aryl methyl sites for hydroxylation is 1. The molecule has 0 aliphatic heterocycles. The van der Waals surface area contributed by atoms with Crippen LogP contribution in [0.5, 0.6) is 0 Å². The molecule has 3 nitrogen and oxygen atoms in total. The topological polar surface area (TPSA) is 34.1 Å². The van der Waals surface area contributed by atoms with Crippen LogP contribution in [0, 0.1) is 5.41 Å². The summed E-state index contributed by atoms with van der Waals surface area (Å²) in [6, 6.07) is 0. The van der Waals surface area contributed by atoms with E-state index < -0.39 is 0 Å². The van der Waals surface area contributed by atoms with E-state index in [-0.39, 0.29) is 11.5 Å². The maximum Gasteiger partial charge on any atom is 0.123 e. The summed E-state index contributed by atoms with van der Waals surface area (Å²) in [4.78, 5) is 6.07. The van der Waals surface area contributed by atoms with Gasteiger partial charge in [0.15, 0.2) is 0 Å². The largest absolute Gasteiger partial charge is 0.374 e. The fraction of sp³-hybridized carbons (Fsp3) is 0.769. The Hall–Kier alpha value is -0.450. The number of ether oxygens (including phenoxy) is 1. The van der Waals surface area contributed by atoms with Crippen molar-refractivity contribution < 1.29 is 4.74 Å². The molecule has 1 aromatic heterocycles. The minimum absolute atomic E-state index is 0.0726. The zero-order valence-electron chi connectivity index (χ0n) is 11.8. The van der Waals surface area contributed by atoms with E-state index in [1.165, 1.54) is 10.6 Å². The summed E-state index contributed by atoms with van der Waals surface area (Å²) in [6.45, 7) is 9.60. The van der Waals surface area contributed by atoms with Gasteiger partial charge in [-0.15, -0.1) is 11.3 Å². The predicted molar refractivity (Wildman–Crippen MR) is 73.5 cm³/mol. The zero-order valence-corrected chi connectivity index (χ0v) is 12.6. The summed E-state index contributed by atoms with van der Waals surface area (Å²) >= 11 is 1.77. The summed E-state index contributed by atoms with van der Waals surface area (Å²) in [5, 5.41) is 4.30. The number of thiazole rings is 1. The number of nitrogens with zero attached hydrogens (tertiary/aromatic N) is 1. The molecule has 1 N–H and O–H groups in total. The molecule has 1 rings (SSSR count). The molecule has 0 fully saturated rings. The molecular weight excluding hydrogens is 232 g/mol. The van der Waals surface area contributed by atoms with E-state index >= 15 is 0 Å². The third-order valence-corrected chi connectivity index (χ3v) is 3.85. The second kappa shape index (κ2) is 5.94. The molecule has 0 aliphatic carbocycles. The molecule has 4 heteroatoms. The van der Waals surface area contributed by atoms with Crippen molar-refractivity contribution >= 4 is 11.3 Å². The summed E-state index contributed by atoms with van der Waals surface area (Å²) < 4.78 is 5.62. The lowest BCUT2D eigenvalue weighted by Crippen LogP contribution is -2.19. The fourth-order valence-corrected chi connectivity index (χ4v) is 3.40. The van der Waals surface area contributed by atoms with Crippen LogP contribution in [0.4, 0.5) is 0 Å². The van der Waals surface area contributed by atoms with Crippen LogP contribution in [0.1, 0.15) is 49.4 Å². The molecular formula is C13H24N2OS. The van der Waals surface area contributed by atoms with E-state index in [9.17, 15) is 0 Å². The average Bonchev–Trinajstić information content (AvgIpc) is 2.60. The molecule has 0 saturated heterocycles. The Balaban J connectivity index is 3.05. The third-order valence-electron chi connectivity index (χ3n) is 2.71. The Labute approximate surface area is 109 Å². The van der Waals surface area contributed by atoms with E-state index in [0.717, 1.165) is 18.0 Å². The highest BCUT2D eigenvalue weighted by molar-refractivity contribution is 7.11. The van der Waals surface area contributed by atoms with Crippen LogP contribution < -0.4 is 5.32 Å². The van der Waals surface area contributed by atoms with Crippen LogP contribution in [0.3, 0.4) is 0 Å². The molecule has 0 aliphatic rings. The van der Waals surface area contributed by atoms with Crippen molar-refractivity contribution in [3.05, 3.63) is 15.6 Å². The minimum Gasteiger partial charge on any atom is -0.374 e. The molecule has 0 bridgehead atoms. The van der Waals surface area contributed by atoms with Gasteiger partial charge in [0.2, 0.25) is 0 Å². The summed E-state index contributed by atoms with van der Waals surface area (Å²) in [6.07, 6.45) is 1.05. The molecule has 0 saturated carbocycles. The van der Waals surface area contributed by atoms with Gasteiger partial charge in [-0.05, 0) is 18.9 Å². The molecule has 17 heavy (non-hydrogen) atoms. The van der Waals surface area contributed by atoms with E-state index in [1.54, 1.807) is 18.4 Å². The van der Waals surface area contributed by atoms with Crippen molar-refractivity contribution in [1.82, 2.24) is 10.3 Å². The molecule has 98 valence electrons. The Morgan fingerprint density at radius 3 is 2.47 bits per heavy atom. The van der Waals surface area contributed by atoms with E-state index in [4.69, 9.17) is 9.72 Å². The van der Waals surface area contributed by atoms with E-state index in [1.807, 2.05) is 7.05 Å². The first kappa shape index (κ1) is 14.6. The molecule has 1 unspecified atom stereocenters. The monoisotopic (exact) mass is 256 g/mol. The number of methoxy groups -OCH3 is 1. The van der Waals surface area contributed by atoms with E-state index in [0.29, 0.717) is 0 Å². The maximum atomic E-state index is 5.62. The van der Waals surface area contributed by atoms with Crippen molar-refractivity contribution in [2.24, 2.45) is 5.41 Å². The molecule has 1 atom stereocenters. The van der Waals surface area contributed by atoms with Crippen LogP contribution in [0.25, 0.3) is 0 Å². The Kier molecular flexibility index (Phi) is 5.10. The molecule has 1 heterocycles. The number of aromatic nitrogens is 1. The van der Waals surface area contributed by atoms with Gasteiger partial charge in [0.1, 0.15) is 11.1 Å². The second-order valence-corrected chi connectivity index (χ2v) is 6.40. The van der Waals surface area contributed by atoms with Gasteiger partial charge in [-0.1, -0.05) is 27.7 Å². The number of hydrogen-bond acceptors (Lipinski definition) is 4. The Bertz CT molecular complexity index is 355. The minimum atomic E-state index is 0.0726. The van der Waals surface area contributed by atoms with Crippen LogP contribution >= 0.6 is 11.3 Å². The van der Waals surface area contributed by atoms with Gasteiger partial charge in [0.05, 0.1) is 5.69 Å². The lowest BCUT2D eigenvalue weighted by atomic mass is 9.89. The number of hydrogen-bond donors (Lipinski definition) is 1. The Morgan fingerprint density at radius 1 is 1.41 bits per heavy atom. The van der Waals surface area contributed by atoms with Crippen molar-refractivity contribution in [1.29, 1.82) is 0 Å². The first-order valence-electron chi connectivity index (χ1n) is 6.09. The summed E-state index contributed by atoms with van der Waals surface area (Å²) in [5.74, 6) is 0. The van der Waals surface area contributed by atoms with Crippen molar-refractivity contribution in [2.75, 3.05) is 14.2 Å². The highest BCUT2D eigenvalue weighted by Gasteiger charge is 2.29. The van der Waals surface area contributed by atoms with E-state index in [2.05, 4.69) is 33.0 Å². The van der Waals surface area contributed by atoms with Gasteiger partial charge >= 0.3 is 0 Å². The Morgan fingerprint density at radius 2 is 2.06 bits per heavy atom. The normalized spacial score (nSPS) is 14.0. The molecule has 0 spiro atoms. The van der Waals surface area contributed by atoms with Crippen molar-refractivity contribution in [3.63, 3.8) is 0 Å². The van der Waals surface area contributed by atoms with Crippen LogP contribution in [-0.4, -0.2) is 19.1 Å². The van der Waals surface area contributed by atoms with Crippen LogP contribution in [0.2, 0.25) is 0 Å². The quantitative estimate of drug-likeness (QED) is 0.878. The average molecular weight is 256 g/mol. The first-order valence-corrected chi connectivity index (χ1v) is 6.91. The highest BCUT2D eigenvalue weighted by atomic mass is 32.1. The summed E-state index contributed by atoms with van der Waals surface area (Å²) in [7, 11) is 3.73. The van der Waals surface area contributed by atoms with Crippen molar-refractivity contribution in [3.8, 4) is 0 Å². The van der Waals surface area contributed by atoms with Crippen LogP contribution in [0.15, 0.2) is 0 Å². The standard InChI is InChI=1S/C13H24N2OS/c1-7-9-10(8-14-5)17-12(15-9)11(16-6)13(2,3)4/h11,14H,7-8H2,1-6H3. The highest BCUT2D eigenvalue weighted by Crippen LogP contribution is 2.38. The second-order valence-electron chi connectivity index (χ2n) is 5.29. The maximum absolute atomic E-state index is 5.62. The predicted octanol–water partition coefficient (Wildman–Crippen LogP) is 3.16. The number of nitrogens with one attached hydrogen (secondary N) is 1. The van der Waals surface area contributed by atoms with Crippen molar-refractivity contribution in [2.45, 2.75) is 46.8 Å². The van der Waals surface area contributed by atoms with Gasteiger partial charge in [-0.25, -0.2) is 4.98 Å². The molecule has 0 aromatic carbocycles. The van der Waals surface area contributed by atoms with Gasteiger partial charge in [-0.2, -0.15) is 0 Å². The van der Waals surface area contributed by atoms with Gasteiger partial charge in [-0.3, -0.25) is 0 Å². The smallest absolute Gasteiger partial charge is 0.123 e. The molecule has 0 radical (unpaired) electrons. The lowest BCUT2D eigenvalue weighted by molar-refractivity contribution is 0.0150. The fourth-order valence-electron chi connectivity index (χ4n) is 1.92. The van der Waals surface area contributed by atoms with Gasteiger partial charge in [0.25, 0.3) is 0 Å². The molecule has 1 aromatic rings. The third kappa shape index (κ3) is 3.50.